The van der Waals surface area contributed by atoms with Gasteiger partial charge in [-0.25, -0.2) is 4.98 Å². The van der Waals surface area contributed by atoms with E-state index in [4.69, 9.17) is 4.98 Å². The second-order valence-corrected chi connectivity index (χ2v) is 7.90. The van der Waals surface area contributed by atoms with Gasteiger partial charge in [0.25, 0.3) is 5.91 Å². The molecule has 0 unspecified atom stereocenters. The summed E-state index contributed by atoms with van der Waals surface area (Å²) in [5.74, 6) is 0.938. The third-order valence-electron chi connectivity index (χ3n) is 5.51. The van der Waals surface area contributed by atoms with Gasteiger partial charge in [0.1, 0.15) is 5.82 Å². The second-order valence-electron chi connectivity index (χ2n) is 7.90. The van der Waals surface area contributed by atoms with Crippen molar-refractivity contribution in [3.8, 4) is 0 Å². The molecule has 4 nitrogen and oxygen atoms in total. The normalized spacial score (nSPS) is 11.0. The minimum Gasteiger partial charge on any atom is -0.352 e. The van der Waals surface area contributed by atoms with Gasteiger partial charge >= 0.3 is 0 Å². The summed E-state index contributed by atoms with van der Waals surface area (Å²) in [6.45, 7) is 7.60. The molecule has 0 aliphatic heterocycles. The summed E-state index contributed by atoms with van der Waals surface area (Å²) in [5.41, 5.74) is 7.77. The van der Waals surface area contributed by atoms with Crippen LogP contribution in [0.3, 0.4) is 0 Å². The Hall–Kier alpha value is -3.40. The average molecular weight is 398 g/mol. The highest BCUT2D eigenvalue weighted by atomic mass is 16.1. The summed E-state index contributed by atoms with van der Waals surface area (Å²) >= 11 is 0. The zero-order valence-corrected chi connectivity index (χ0v) is 17.8. The van der Waals surface area contributed by atoms with E-state index in [9.17, 15) is 4.79 Å². The maximum Gasteiger partial charge on any atom is 0.251 e. The highest BCUT2D eigenvalue weighted by Gasteiger charge is 2.13. The fraction of sp³-hybridized carbons (Fsp3) is 0.231. The number of nitrogens with zero attached hydrogens (tertiary/aromatic N) is 2. The van der Waals surface area contributed by atoms with E-state index in [2.05, 4.69) is 48.0 Å². The van der Waals surface area contributed by atoms with Crippen molar-refractivity contribution in [2.24, 2.45) is 0 Å². The molecule has 0 saturated heterocycles. The lowest BCUT2D eigenvalue weighted by Gasteiger charge is -2.13. The lowest BCUT2D eigenvalue weighted by Crippen LogP contribution is -2.26. The van der Waals surface area contributed by atoms with Gasteiger partial charge in [-0.05, 0) is 56.2 Å². The molecule has 0 bridgehead atoms. The third kappa shape index (κ3) is 4.28. The van der Waals surface area contributed by atoms with Crippen LogP contribution < -0.4 is 5.32 Å². The largest absolute Gasteiger partial charge is 0.352 e. The molecule has 0 radical (unpaired) electrons. The van der Waals surface area contributed by atoms with E-state index in [0.29, 0.717) is 18.5 Å². The zero-order chi connectivity index (χ0) is 21.1. The second kappa shape index (κ2) is 8.54. The number of carbonyl (C=O) groups is 1. The molecule has 0 aliphatic rings. The van der Waals surface area contributed by atoms with E-state index in [1.165, 1.54) is 16.7 Å². The van der Waals surface area contributed by atoms with Gasteiger partial charge in [-0.1, -0.05) is 53.6 Å². The SMILES string of the molecule is Cc1ccc(C(=O)NCCc2nc3ccccc3n2Cc2cc(C)ccc2C)cc1. The lowest BCUT2D eigenvalue weighted by atomic mass is 10.1. The summed E-state index contributed by atoms with van der Waals surface area (Å²) in [7, 11) is 0. The Morgan fingerprint density at radius 2 is 1.67 bits per heavy atom. The molecule has 0 aliphatic carbocycles. The van der Waals surface area contributed by atoms with E-state index >= 15 is 0 Å². The maximum atomic E-state index is 12.4. The van der Waals surface area contributed by atoms with Crippen LogP contribution in [0.25, 0.3) is 11.0 Å². The number of nitrogens with one attached hydrogen (secondary N) is 1. The van der Waals surface area contributed by atoms with Crippen LogP contribution in [0.15, 0.2) is 66.7 Å². The number of aromatic nitrogens is 2. The Morgan fingerprint density at radius 3 is 2.47 bits per heavy atom. The number of hydrogen-bond acceptors (Lipinski definition) is 2. The molecule has 4 aromatic rings. The molecule has 3 aromatic carbocycles. The summed E-state index contributed by atoms with van der Waals surface area (Å²) in [6.07, 6.45) is 0.678. The molecular formula is C26H27N3O. The van der Waals surface area contributed by atoms with E-state index in [1.807, 2.05) is 49.4 Å². The van der Waals surface area contributed by atoms with Crippen LogP contribution in [-0.4, -0.2) is 22.0 Å². The first-order valence-corrected chi connectivity index (χ1v) is 10.4. The minimum atomic E-state index is -0.0489. The van der Waals surface area contributed by atoms with Gasteiger partial charge < -0.3 is 9.88 Å². The molecule has 0 saturated carbocycles. The van der Waals surface area contributed by atoms with E-state index in [0.717, 1.165) is 29.0 Å². The number of hydrogen-bond donors (Lipinski definition) is 1. The van der Waals surface area contributed by atoms with Crippen molar-refractivity contribution < 1.29 is 4.79 Å². The number of aryl methyl sites for hydroxylation is 3. The molecule has 1 heterocycles. The summed E-state index contributed by atoms with van der Waals surface area (Å²) in [6, 6.07) is 22.4. The van der Waals surface area contributed by atoms with Crippen molar-refractivity contribution in [1.82, 2.24) is 14.9 Å². The van der Waals surface area contributed by atoms with E-state index in [-0.39, 0.29) is 5.91 Å². The molecule has 0 atom stereocenters. The fourth-order valence-electron chi connectivity index (χ4n) is 3.73. The number of imidazole rings is 1. The molecule has 1 N–H and O–H groups in total. The number of amides is 1. The Labute approximate surface area is 177 Å². The van der Waals surface area contributed by atoms with Gasteiger partial charge in [-0.15, -0.1) is 0 Å². The van der Waals surface area contributed by atoms with Crippen LogP contribution in [0.1, 0.15) is 38.4 Å². The van der Waals surface area contributed by atoms with Crippen LogP contribution in [0.5, 0.6) is 0 Å². The van der Waals surface area contributed by atoms with Crippen molar-refractivity contribution in [3.05, 3.63) is 100 Å². The van der Waals surface area contributed by atoms with Crippen LogP contribution in [0.2, 0.25) is 0 Å². The van der Waals surface area contributed by atoms with Gasteiger partial charge in [0.15, 0.2) is 0 Å². The van der Waals surface area contributed by atoms with Crippen LogP contribution in [-0.2, 0) is 13.0 Å². The molecule has 0 fully saturated rings. The number of rotatable bonds is 6. The Morgan fingerprint density at radius 1 is 0.933 bits per heavy atom. The molecule has 4 rings (SSSR count). The molecule has 152 valence electrons. The first-order valence-electron chi connectivity index (χ1n) is 10.4. The highest BCUT2D eigenvalue weighted by molar-refractivity contribution is 5.94. The first-order chi connectivity index (χ1) is 14.5. The average Bonchev–Trinajstić information content (AvgIpc) is 3.08. The van der Waals surface area contributed by atoms with Gasteiger partial charge in [-0.3, -0.25) is 4.79 Å². The Balaban J connectivity index is 1.55. The van der Waals surface area contributed by atoms with Crippen molar-refractivity contribution in [2.75, 3.05) is 6.54 Å². The number of benzene rings is 3. The maximum absolute atomic E-state index is 12.4. The lowest BCUT2D eigenvalue weighted by molar-refractivity contribution is 0.0954. The monoisotopic (exact) mass is 397 g/mol. The first kappa shape index (κ1) is 19.9. The summed E-state index contributed by atoms with van der Waals surface area (Å²) < 4.78 is 2.27. The molecule has 1 amide bonds. The Bertz CT molecular complexity index is 1190. The smallest absolute Gasteiger partial charge is 0.251 e. The quantitative estimate of drug-likeness (QED) is 0.499. The minimum absolute atomic E-state index is 0.0489. The highest BCUT2D eigenvalue weighted by Crippen LogP contribution is 2.20. The van der Waals surface area contributed by atoms with E-state index in [1.54, 1.807) is 0 Å². The van der Waals surface area contributed by atoms with Crippen molar-refractivity contribution in [2.45, 2.75) is 33.7 Å². The molecular weight excluding hydrogens is 370 g/mol. The number of fused-ring (bicyclic) bond motifs is 1. The number of carbonyl (C=O) groups excluding carboxylic acids is 1. The standard InChI is InChI=1S/C26H27N3O/c1-18-9-12-21(13-10-18)26(30)27-15-14-25-28-23-6-4-5-7-24(23)29(25)17-22-16-19(2)8-11-20(22)3/h4-13,16H,14-15,17H2,1-3H3,(H,27,30). The van der Waals surface area contributed by atoms with Crippen LogP contribution >= 0.6 is 0 Å². The van der Waals surface area contributed by atoms with Gasteiger partial charge in [0, 0.05) is 25.1 Å². The van der Waals surface area contributed by atoms with Gasteiger partial charge in [0.05, 0.1) is 11.0 Å². The fourth-order valence-corrected chi connectivity index (χ4v) is 3.73. The third-order valence-corrected chi connectivity index (χ3v) is 5.51. The van der Waals surface area contributed by atoms with Gasteiger partial charge in [0.2, 0.25) is 0 Å². The van der Waals surface area contributed by atoms with Crippen LogP contribution in [0.4, 0.5) is 0 Å². The number of para-hydroxylation sites is 2. The predicted octanol–water partition coefficient (Wildman–Crippen LogP) is 4.98. The van der Waals surface area contributed by atoms with Crippen LogP contribution in [0, 0.1) is 20.8 Å². The Kier molecular flexibility index (Phi) is 5.66. The van der Waals surface area contributed by atoms with Gasteiger partial charge in [-0.2, -0.15) is 0 Å². The predicted molar refractivity (Wildman–Crippen MR) is 122 cm³/mol. The zero-order valence-electron chi connectivity index (χ0n) is 17.8. The van der Waals surface area contributed by atoms with Crippen molar-refractivity contribution >= 4 is 16.9 Å². The molecule has 0 spiro atoms. The molecule has 30 heavy (non-hydrogen) atoms. The topological polar surface area (TPSA) is 46.9 Å². The summed E-state index contributed by atoms with van der Waals surface area (Å²) in [5, 5.41) is 3.03. The van der Waals surface area contributed by atoms with Crippen molar-refractivity contribution in [1.29, 1.82) is 0 Å². The molecule has 4 heteroatoms. The van der Waals surface area contributed by atoms with Crippen molar-refractivity contribution in [3.63, 3.8) is 0 Å². The molecule has 1 aromatic heterocycles. The summed E-state index contributed by atoms with van der Waals surface area (Å²) in [4.78, 5) is 17.3. The van der Waals surface area contributed by atoms with E-state index < -0.39 is 0 Å².